The third kappa shape index (κ3) is 3.38. The summed E-state index contributed by atoms with van der Waals surface area (Å²) in [7, 11) is 0. The number of nitrogens with one attached hydrogen (secondary N) is 1. The van der Waals surface area contributed by atoms with Crippen LogP contribution in [0.2, 0.25) is 5.02 Å². The van der Waals surface area contributed by atoms with Crippen LogP contribution < -0.4 is 5.32 Å². The first kappa shape index (κ1) is 14.6. The molecule has 1 amide bonds. The lowest BCUT2D eigenvalue weighted by Crippen LogP contribution is -2.53. The van der Waals surface area contributed by atoms with Gasteiger partial charge in [-0.05, 0) is 31.0 Å². The molecule has 1 heterocycles. The zero-order chi connectivity index (χ0) is 13.9. The van der Waals surface area contributed by atoms with Crippen LogP contribution in [0.3, 0.4) is 0 Å². The molecule has 0 saturated carbocycles. The number of amides is 1. The lowest BCUT2D eigenvalue weighted by Gasteiger charge is -2.36. The van der Waals surface area contributed by atoms with Crippen LogP contribution in [0.1, 0.15) is 23.2 Å². The molecular weight excluding hydrogens is 292 g/mol. The fourth-order valence-electron chi connectivity index (χ4n) is 2.04. The van der Waals surface area contributed by atoms with Gasteiger partial charge in [0.25, 0.3) is 5.91 Å². The molecule has 0 spiro atoms. The van der Waals surface area contributed by atoms with Gasteiger partial charge in [0.15, 0.2) is 0 Å². The number of halogens is 3. The van der Waals surface area contributed by atoms with Gasteiger partial charge in [-0.1, -0.05) is 11.6 Å². The molecule has 0 bridgehead atoms. The Hall–Kier alpha value is -0.840. The normalized spacial score (nSPS) is 18.1. The first-order valence-corrected chi connectivity index (χ1v) is 6.89. The molecule has 6 heteroatoms. The standard InChI is InChI=1S/C13H14Cl2FNO2/c14-8-13(3-5-19-6-4-13)17-12(18)10-2-1-9(15)7-11(10)16/h1-2,7H,3-6,8H2,(H,17,18). The number of carbonyl (C=O) groups excluding carboxylic acids is 1. The summed E-state index contributed by atoms with van der Waals surface area (Å²) in [5.41, 5.74) is -0.552. The number of alkyl halides is 1. The minimum Gasteiger partial charge on any atom is -0.381 e. The van der Waals surface area contributed by atoms with Crippen molar-refractivity contribution in [3.8, 4) is 0 Å². The fraction of sp³-hybridized carbons (Fsp3) is 0.462. The molecular formula is C13H14Cl2FNO2. The molecule has 0 unspecified atom stereocenters. The summed E-state index contributed by atoms with van der Waals surface area (Å²) in [6, 6.07) is 3.97. The molecule has 104 valence electrons. The van der Waals surface area contributed by atoms with Crippen LogP contribution >= 0.6 is 23.2 Å². The molecule has 1 N–H and O–H groups in total. The van der Waals surface area contributed by atoms with Crippen LogP contribution in [-0.4, -0.2) is 30.5 Å². The van der Waals surface area contributed by atoms with Gasteiger partial charge in [0.05, 0.1) is 11.1 Å². The summed E-state index contributed by atoms with van der Waals surface area (Å²) >= 11 is 11.6. The molecule has 0 aromatic heterocycles. The smallest absolute Gasteiger partial charge is 0.254 e. The van der Waals surface area contributed by atoms with Crippen molar-refractivity contribution < 1.29 is 13.9 Å². The van der Waals surface area contributed by atoms with E-state index < -0.39 is 17.3 Å². The van der Waals surface area contributed by atoms with Crippen molar-refractivity contribution in [2.45, 2.75) is 18.4 Å². The van der Waals surface area contributed by atoms with Gasteiger partial charge >= 0.3 is 0 Å². The van der Waals surface area contributed by atoms with E-state index in [9.17, 15) is 9.18 Å². The summed E-state index contributed by atoms with van der Waals surface area (Å²) < 4.78 is 18.9. The van der Waals surface area contributed by atoms with Crippen LogP contribution in [-0.2, 0) is 4.74 Å². The maximum absolute atomic E-state index is 13.7. The van der Waals surface area contributed by atoms with E-state index in [2.05, 4.69) is 5.32 Å². The number of hydrogen-bond donors (Lipinski definition) is 1. The minimum absolute atomic E-state index is 0.0274. The average molecular weight is 306 g/mol. The minimum atomic E-state index is -0.637. The second-order valence-electron chi connectivity index (χ2n) is 4.60. The Bertz CT molecular complexity index is 476. The molecule has 1 aliphatic rings. The molecule has 0 atom stereocenters. The number of hydrogen-bond acceptors (Lipinski definition) is 2. The monoisotopic (exact) mass is 305 g/mol. The van der Waals surface area contributed by atoms with Crippen molar-refractivity contribution in [1.29, 1.82) is 0 Å². The van der Waals surface area contributed by atoms with Gasteiger partial charge in [-0.15, -0.1) is 11.6 Å². The number of carbonyl (C=O) groups is 1. The van der Waals surface area contributed by atoms with Gasteiger partial charge in [0.2, 0.25) is 0 Å². The third-order valence-corrected chi connectivity index (χ3v) is 4.01. The Morgan fingerprint density at radius 2 is 2.11 bits per heavy atom. The van der Waals surface area contributed by atoms with Gasteiger partial charge in [-0.2, -0.15) is 0 Å². The van der Waals surface area contributed by atoms with Crippen molar-refractivity contribution >= 4 is 29.1 Å². The first-order chi connectivity index (χ1) is 9.06. The van der Waals surface area contributed by atoms with Gasteiger partial charge in [0, 0.05) is 24.1 Å². The SMILES string of the molecule is O=C(NC1(CCl)CCOCC1)c1ccc(Cl)cc1F. The van der Waals surface area contributed by atoms with Crippen molar-refractivity contribution in [1.82, 2.24) is 5.32 Å². The Morgan fingerprint density at radius 3 is 2.68 bits per heavy atom. The molecule has 3 nitrogen and oxygen atoms in total. The average Bonchev–Trinajstić information content (AvgIpc) is 2.39. The summed E-state index contributed by atoms with van der Waals surface area (Å²) in [4.78, 5) is 12.1. The molecule has 0 aliphatic carbocycles. The van der Waals surface area contributed by atoms with E-state index in [4.69, 9.17) is 27.9 Å². The highest BCUT2D eigenvalue weighted by Crippen LogP contribution is 2.23. The summed E-state index contributed by atoms with van der Waals surface area (Å²) in [5.74, 6) is -0.837. The predicted octanol–water partition coefficient (Wildman–Crippen LogP) is 3.00. The highest BCUT2D eigenvalue weighted by molar-refractivity contribution is 6.30. The van der Waals surface area contributed by atoms with E-state index in [1.165, 1.54) is 12.1 Å². The third-order valence-electron chi connectivity index (χ3n) is 3.26. The van der Waals surface area contributed by atoms with E-state index in [0.29, 0.717) is 26.1 Å². The Labute approximate surface area is 121 Å². The molecule has 19 heavy (non-hydrogen) atoms. The van der Waals surface area contributed by atoms with Gasteiger partial charge in [-0.25, -0.2) is 4.39 Å². The fourth-order valence-corrected chi connectivity index (χ4v) is 2.53. The lowest BCUT2D eigenvalue weighted by molar-refractivity contribution is 0.0432. The van der Waals surface area contributed by atoms with E-state index in [-0.39, 0.29) is 16.5 Å². The zero-order valence-corrected chi connectivity index (χ0v) is 11.7. The number of ether oxygens (including phenoxy) is 1. The molecule has 1 saturated heterocycles. The Kier molecular flexibility index (Phi) is 4.66. The zero-order valence-electron chi connectivity index (χ0n) is 10.2. The largest absolute Gasteiger partial charge is 0.381 e. The van der Waals surface area contributed by atoms with Crippen molar-refractivity contribution in [3.63, 3.8) is 0 Å². The van der Waals surface area contributed by atoms with Crippen molar-refractivity contribution in [3.05, 3.63) is 34.6 Å². The van der Waals surface area contributed by atoms with Crippen LogP contribution in [0, 0.1) is 5.82 Å². The number of rotatable bonds is 3. The second-order valence-corrected chi connectivity index (χ2v) is 5.31. The summed E-state index contributed by atoms with van der Waals surface area (Å²) in [6.07, 6.45) is 1.24. The van der Waals surface area contributed by atoms with Crippen LogP contribution in [0.25, 0.3) is 0 Å². The van der Waals surface area contributed by atoms with Crippen LogP contribution in [0.4, 0.5) is 4.39 Å². The summed E-state index contributed by atoms with van der Waals surface area (Å²) in [6.45, 7) is 1.08. The van der Waals surface area contributed by atoms with Crippen molar-refractivity contribution in [2.75, 3.05) is 19.1 Å². The van der Waals surface area contributed by atoms with Crippen LogP contribution in [0.15, 0.2) is 18.2 Å². The molecule has 1 aliphatic heterocycles. The van der Waals surface area contributed by atoms with E-state index >= 15 is 0 Å². The Balaban J connectivity index is 2.15. The summed E-state index contributed by atoms with van der Waals surface area (Å²) in [5, 5.41) is 3.08. The van der Waals surface area contributed by atoms with Crippen molar-refractivity contribution in [2.24, 2.45) is 0 Å². The number of benzene rings is 1. The maximum Gasteiger partial charge on any atom is 0.254 e. The van der Waals surface area contributed by atoms with E-state index in [1.807, 2.05) is 0 Å². The van der Waals surface area contributed by atoms with Gasteiger partial charge in [0.1, 0.15) is 5.82 Å². The molecule has 1 aromatic carbocycles. The van der Waals surface area contributed by atoms with E-state index in [1.54, 1.807) is 0 Å². The predicted molar refractivity (Wildman–Crippen MR) is 72.4 cm³/mol. The van der Waals surface area contributed by atoms with Crippen LogP contribution in [0.5, 0.6) is 0 Å². The molecule has 2 rings (SSSR count). The molecule has 1 aromatic rings. The topological polar surface area (TPSA) is 38.3 Å². The second kappa shape index (κ2) is 6.07. The maximum atomic E-state index is 13.7. The van der Waals surface area contributed by atoms with E-state index in [0.717, 1.165) is 6.07 Å². The highest BCUT2D eigenvalue weighted by Gasteiger charge is 2.34. The highest BCUT2D eigenvalue weighted by atomic mass is 35.5. The molecule has 0 radical (unpaired) electrons. The molecule has 1 fully saturated rings. The quantitative estimate of drug-likeness (QED) is 0.872. The first-order valence-electron chi connectivity index (χ1n) is 5.98. The Morgan fingerprint density at radius 1 is 1.42 bits per heavy atom. The van der Waals surface area contributed by atoms with Gasteiger partial charge in [-0.3, -0.25) is 4.79 Å². The lowest BCUT2D eigenvalue weighted by atomic mass is 9.92. The van der Waals surface area contributed by atoms with Gasteiger partial charge < -0.3 is 10.1 Å².